The lowest BCUT2D eigenvalue weighted by molar-refractivity contribution is 0.546. The van der Waals surface area contributed by atoms with Crippen molar-refractivity contribution in [2.45, 2.75) is 32.7 Å². The van der Waals surface area contributed by atoms with E-state index in [0.717, 1.165) is 22.2 Å². The third kappa shape index (κ3) is 4.31. The van der Waals surface area contributed by atoms with Crippen LogP contribution in [0.3, 0.4) is 0 Å². The zero-order valence-corrected chi connectivity index (χ0v) is 13.2. The summed E-state index contributed by atoms with van der Waals surface area (Å²) in [6, 6.07) is 9.48. The van der Waals surface area contributed by atoms with Gasteiger partial charge < -0.3 is 10.7 Å². The van der Waals surface area contributed by atoms with Gasteiger partial charge in [-0.25, -0.2) is 15.8 Å². The van der Waals surface area contributed by atoms with Crippen LogP contribution in [0.2, 0.25) is 5.02 Å². The highest BCUT2D eigenvalue weighted by molar-refractivity contribution is 6.30. The highest BCUT2D eigenvalue weighted by Gasteiger charge is 2.19. The van der Waals surface area contributed by atoms with Crippen LogP contribution in [-0.2, 0) is 12.0 Å². The van der Waals surface area contributed by atoms with Crippen molar-refractivity contribution in [3.8, 4) is 0 Å². The molecule has 112 valence electrons. The number of hydrogen-bond donors (Lipinski definition) is 3. The van der Waals surface area contributed by atoms with E-state index in [1.54, 1.807) is 6.07 Å². The van der Waals surface area contributed by atoms with Gasteiger partial charge in [-0.3, -0.25) is 0 Å². The zero-order valence-electron chi connectivity index (χ0n) is 12.4. The Bertz CT molecular complexity index is 622. The Labute approximate surface area is 129 Å². The van der Waals surface area contributed by atoms with E-state index in [9.17, 15) is 0 Å². The number of anilines is 2. The molecule has 5 nitrogen and oxygen atoms in total. The molecule has 1 heterocycles. The molecule has 0 saturated carbocycles. The molecule has 0 aliphatic heterocycles. The van der Waals surface area contributed by atoms with Gasteiger partial charge in [0.2, 0.25) is 0 Å². The van der Waals surface area contributed by atoms with E-state index >= 15 is 0 Å². The molecule has 1 aromatic heterocycles. The average molecular weight is 306 g/mol. The lowest BCUT2D eigenvalue weighted by Gasteiger charge is -2.18. The van der Waals surface area contributed by atoms with Crippen LogP contribution in [0.4, 0.5) is 11.6 Å². The summed E-state index contributed by atoms with van der Waals surface area (Å²) in [6.45, 7) is 6.81. The Balaban J connectivity index is 2.19. The normalized spacial score (nSPS) is 11.3. The Hall–Kier alpha value is -1.85. The van der Waals surface area contributed by atoms with Crippen LogP contribution in [-0.4, -0.2) is 9.97 Å². The number of nitrogens with two attached hydrogens (primary N) is 1. The fourth-order valence-electron chi connectivity index (χ4n) is 1.79. The maximum absolute atomic E-state index is 5.98. The van der Waals surface area contributed by atoms with E-state index < -0.39 is 0 Å². The zero-order chi connectivity index (χ0) is 15.5. The minimum absolute atomic E-state index is 0.153. The topological polar surface area (TPSA) is 75.9 Å². The SMILES string of the molecule is CC(C)(C)c1nc(NN)cc(NCc2cccc(Cl)c2)n1. The van der Waals surface area contributed by atoms with Gasteiger partial charge in [0.15, 0.2) is 0 Å². The first-order valence-corrected chi connectivity index (χ1v) is 7.11. The van der Waals surface area contributed by atoms with Crippen molar-refractivity contribution in [1.82, 2.24) is 9.97 Å². The quantitative estimate of drug-likeness (QED) is 0.597. The smallest absolute Gasteiger partial charge is 0.145 e. The van der Waals surface area contributed by atoms with Gasteiger partial charge >= 0.3 is 0 Å². The van der Waals surface area contributed by atoms with Crippen molar-refractivity contribution in [2.24, 2.45) is 5.84 Å². The third-order valence-electron chi connectivity index (χ3n) is 2.91. The third-order valence-corrected chi connectivity index (χ3v) is 3.14. The molecule has 6 heteroatoms. The monoisotopic (exact) mass is 305 g/mol. The second-order valence-corrected chi connectivity index (χ2v) is 6.28. The van der Waals surface area contributed by atoms with E-state index in [-0.39, 0.29) is 5.41 Å². The second kappa shape index (κ2) is 6.28. The number of nitrogens with one attached hydrogen (secondary N) is 2. The van der Waals surface area contributed by atoms with E-state index in [1.807, 2.05) is 24.3 Å². The summed E-state index contributed by atoms with van der Waals surface area (Å²) < 4.78 is 0. The molecule has 1 aromatic carbocycles. The van der Waals surface area contributed by atoms with Crippen molar-refractivity contribution < 1.29 is 0 Å². The van der Waals surface area contributed by atoms with Gasteiger partial charge in [-0.15, -0.1) is 0 Å². The predicted molar refractivity (Wildman–Crippen MR) is 87.3 cm³/mol. The van der Waals surface area contributed by atoms with Gasteiger partial charge in [-0.2, -0.15) is 0 Å². The summed E-state index contributed by atoms with van der Waals surface area (Å²) in [6.07, 6.45) is 0. The van der Waals surface area contributed by atoms with E-state index in [1.165, 1.54) is 0 Å². The largest absolute Gasteiger partial charge is 0.366 e. The van der Waals surface area contributed by atoms with Crippen LogP contribution in [0.5, 0.6) is 0 Å². The van der Waals surface area contributed by atoms with Crippen LogP contribution in [0.1, 0.15) is 32.2 Å². The fourth-order valence-corrected chi connectivity index (χ4v) is 2.00. The standard InChI is InChI=1S/C15H20ClN5/c1-15(2,3)14-19-12(8-13(20-14)21-17)18-9-10-5-4-6-11(16)7-10/h4-8H,9,17H2,1-3H3,(H2,18,19,20,21). The fraction of sp³-hybridized carbons (Fsp3) is 0.333. The molecule has 0 atom stereocenters. The molecule has 21 heavy (non-hydrogen) atoms. The molecule has 0 aliphatic carbocycles. The number of rotatable bonds is 4. The van der Waals surface area contributed by atoms with Gasteiger partial charge in [0.25, 0.3) is 0 Å². The molecule has 4 N–H and O–H groups in total. The maximum atomic E-state index is 5.98. The van der Waals surface area contributed by atoms with Gasteiger partial charge in [-0.05, 0) is 17.7 Å². The molecule has 0 bridgehead atoms. The lowest BCUT2D eigenvalue weighted by Crippen LogP contribution is -2.20. The summed E-state index contributed by atoms with van der Waals surface area (Å²) in [5, 5.41) is 3.99. The van der Waals surface area contributed by atoms with Crippen LogP contribution in [0.15, 0.2) is 30.3 Å². The summed E-state index contributed by atoms with van der Waals surface area (Å²) >= 11 is 5.98. The van der Waals surface area contributed by atoms with Crippen molar-refractivity contribution in [2.75, 3.05) is 10.7 Å². The van der Waals surface area contributed by atoms with Crippen molar-refractivity contribution in [3.05, 3.63) is 46.7 Å². The van der Waals surface area contributed by atoms with Gasteiger partial charge in [0.1, 0.15) is 17.5 Å². The summed E-state index contributed by atoms with van der Waals surface area (Å²) in [4.78, 5) is 8.92. The molecule has 0 fully saturated rings. The van der Waals surface area contributed by atoms with E-state index in [2.05, 4.69) is 41.5 Å². The second-order valence-electron chi connectivity index (χ2n) is 5.84. The number of hydrogen-bond acceptors (Lipinski definition) is 5. The maximum Gasteiger partial charge on any atom is 0.145 e. The average Bonchev–Trinajstić information content (AvgIpc) is 2.44. The number of nitrogens with zero attached hydrogens (tertiary/aromatic N) is 2. The number of hydrazine groups is 1. The van der Waals surface area contributed by atoms with Gasteiger partial charge in [0, 0.05) is 23.0 Å². The summed E-state index contributed by atoms with van der Waals surface area (Å²) in [5.41, 5.74) is 3.51. The minimum Gasteiger partial charge on any atom is -0.366 e. The Morgan fingerprint density at radius 2 is 1.86 bits per heavy atom. The first-order chi connectivity index (χ1) is 9.88. The highest BCUT2D eigenvalue weighted by Crippen LogP contribution is 2.22. The summed E-state index contributed by atoms with van der Waals surface area (Å²) in [5.74, 6) is 7.51. The molecule has 0 aliphatic rings. The Morgan fingerprint density at radius 3 is 2.48 bits per heavy atom. The Morgan fingerprint density at radius 1 is 1.14 bits per heavy atom. The number of aromatic nitrogens is 2. The van der Waals surface area contributed by atoms with Crippen LogP contribution >= 0.6 is 11.6 Å². The molecular weight excluding hydrogens is 286 g/mol. The van der Waals surface area contributed by atoms with Gasteiger partial charge in [0.05, 0.1) is 0 Å². The lowest BCUT2D eigenvalue weighted by atomic mass is 9.96. The summed E-state index contributed by atoms with van der Waals surface area (Å²) in [7, 11) is 0. The first-order valence-electron chi connectivity index (χ1n) is 6.73. The molecule has 0 spiro atoms. The molecule has 0 radical (unpaired) electrons. The highest BCUT2D eigenvalue weighted by atomic mass is 35.5. The molecule has 2 rings (SSSR count). The minimum atomic E-state index is -0.153. The number of halogens is 1. The number of benzene rings is 1. The molecule has 0 saturated heterocycles. The predicted octanol–water partition coefficient (Wildman–Crippen LogP) is 3.33. The first kappa shape index (κ1) is 15.5. The Kier molecular flexibility index (Phi) is 4.65. The van der Waals surface area contributed by atoms with Crippen LogP contribution in [0.25, 0.3) is 0 Å². The molecular formula is C15H20ClN5. The van der Waals surface area contributed by atoms with Crippen LogP contribution < -0.4 is 16.6 Å². The van der Waals surface area contributed by atoms with Crippen LogP contribution in [0, 0.1) is 0 Å². The van der Waals surface area contributed by atoms with Crippen molar-refractivity contribution in [1.29, 1.82) is 0 Å². The molecule has 0 unspecified atom stereocenters. The van der Waals surface area contributed by atoms with Gasteiger partial charge in [-0.1, -0.05) is 44.5 Å². The van der Waals surface area contributed by atoms with Crippen molar-refractivity contribution >= 4 is 23.2 Å². The van der Waals surface area contributed by atoms with E-state index in [0.29, 0.717) is 12.4 Å². The number of nitrogen functional groups attached to an aromatic ring is 1. The molecule has 0 amide bonds. The molecule has 2 aromatic rings. The van der Waals surface area contributed by atoms with E-state index in [4.69, 9.17) is 17.4 Å². The van der Waals surface area contributed by atoms with Crippen molar-refractivity contribution in [3.63, 3.8) is 0 Å².